The standard InChI is InChI=1S/C15H21N3OS/c1-10(13-16-17-14(20)18(13)5)19-12-8-6-11(7-9-12)15(2,3)4/h6-10H,1-5H3,(H,17,20)/t10-/m1/s1. The van der Waals surface area contributed by atoms with E-state index < -0.39 is 0 Å². The molecule has 0 spiro atoms. The van der Waals surface area contributed by atoms with E-state index in [-0.39, 0.29) is 11.5 Å². The van der Waals surface area contributed by atoms with Crippen molar-refractivity contribution in [1.29, 1.82) is 0 Å². The van der Waals surface area contributed by atoms with E-state index in [0.717, 1.165) is 11.6 Å². The van der Waals surface area contributed by atoms with Gasteiger partial charge in [0.15, 0.2) is 16.7 Å². The van der Waals surface area contributed by atoms with Crippen LogP contribution in [-0.4, -0.2) is 14.8 Å². The number of rotatable bonds is 3. The zero-order valence-corrected chi connectivity index (χ0v) is 13.4. The second-order valence-corrected chi connectivity index (χ2v) is 6.37. The normalized spacial score (nSPS) is 13.2. The summed E-state index contributed by atoms with van der Waals surface area (Å²) in [6, 6.07) is 8.20. The topological polar surface area (TPSA) is 42.8 Å². The van der Waals surface area contributed by atoms with Crippen LogP contribution in [0, 0.1) is 4.77 Å². The smallest absolute Gasteiger partial charge is 0.195 e. The van der Waals surface area contributed by atoms with Crippen molar-refractivity contribution in [1.82, 2.24) is 14.8 Å². The molecule has 0 saturated carbocycles. The summed E-state index contributed by atoms with van der Waals surface area (Å²) in [6.07, 6.45) is -0.159. The number of aromatic nitrogens is 3. The van der Waals surface area contributed by atoms with Gasteiger partial charge < -0.3 is 9.30 Å². The predicted octanol–water partition coefficient (Wildman–Crippen LogP) is 3.92. The summed E-state index contributed by atoms with van der Waals surface area (Å²) in [5, 5.41) is 6.96. The number of nitrogens with zero attached hydrogens (tertiary/aromatic N) is 2. The molecule has 1 atom stereocenters. The molecule has 0 radical (unpaired) electrons. The minimum atomic E-state index is -0.159. The van der Waals surface area contributed by atoms with Gasteiger partial charge in [0.05, 0.1) is 0 Å². The molecule has 108 valence electrons. The van der Waals surface area contributed by atoms with Crippen LogP contribution in [-0.2, 0) is 12.5 Å². The molecule has 0 fully saturated rings. The molecule has 1 aromatic carbocycles. The van der Waals surface area contributed by atoms with E-state index >= 15 is 0 Å². The molecule has 20 heavy (non-hydrogen) atoms. The lowest BCUT2D eigenvalue weighted by Gasteiger charge is -2.20. The van der Waals surface area contributed by atoms with E-state index in [1.54, 1.807) is 0 Å². The first kappa shape index (κ1) is 14.8. The summed E-state index contributed by atoms with van der Waals surface area (Å²) >= 11 is 5.11. The Hall–Kier alpha value is -1.62. The van der Waals surface area contributed by atoms with Crippen molar-refractivity contribution >= 4 is 12.2 Å². The van der Waals surface area contributed by atoms with Crippen molar-refractivity contribution in [3.8, 4) is 5.75 Å². The fourth-order valence-corrected chi connectivity index (χ4v) is 2.15. The number of nitrogens with one attached hydrogen (secondary N) is 1. The lowest BCUT2D eigenvalue weighted by molar-refractivity contribution is 0.212. The van der Waals surface area contributed by atoms with Crippen LogP contribution < -0.4 is 4.74 Å². The molecule has 0 aliphatic rings. The van der Waals surface area contributed by atoms with E-state index in [4.69, 9.17) is 17.0 Å². The fourth-order valence-electron chi connectivity index (χ4n) is 2.01. The maximum absolute atomic E-state index is 5.91. The minimum absolute atomic E-state index is 0.149. The number of aromatic amines is 1. The van der Waals surface area contributed by atoms with E-state index in [1.807, 2.05) is 30.7 Å². The zero-order chi connectivity index (χ0) is 14.9. The Labute approximate surface area is 124 Å². The van der Waals surface area contributed by atoms with Gasteiger partial charge in [-0.2, -0.15) is 5.10 Å². The third kappa shape index (κ3) is 3.10. The van der Waals surface area contributed by atoms with Gasteiger partial charge in [-0.1, -0.05) is 32.9 Å². The van der Waals surface area contributed by atoms with Gasteiger partial charge in [0.2, 0.25) is 0 Å². The van der Waals surface area contributed by atoms with Crippen molar-refractivity contribution in [3.05, 3.63) is 40.4 Å². The van der Waals surface area contributed by atoms with Crippen LogP contribution in [0.3, 0.4) is 0 Å². The summed E-state index contributed by atoms with van der Waals surface area (Å²) in [4.78, 5) is 0. The highest BCUT2D eigenvalue weighted by atomic mass is 32.1. The van der Waals surface area contributed by atoms with E-state index in [1.165, 1.54) is 5.56 Å². The van der Waals surface area contributed by atoms with E-state index in [2.05, 4.69) is 43.1 Å². The summed E-state index contributed by atoms with van der Waals surface area (Å²) < 4.78 is 8.33. The molecule has 2 rings (SSSR count). The molecule has 0 aliphatic heterocycles. The van der Waals surface area contributed by atoms with Gasteiger partial charge in [0.25, 0.3) is 0 Å². The highest BCUT2D eigenvalue weighted by Crippen LogP contribution is 2.26. The predicted molar refractivity (Wildman–Crippen MR) is 82.6 cm³/mol. The van der Waals surface area contributed by atoms with Crippen LogP contribution in [0.5, 0.6) is 5.75 Å². The van der Waals surface area contributed by atoms with Gasteiger partial charge in [-0.3, -0.25) is 5.10 Å². The molecule has 4 nitrogen and oxygen atoms in total. The third-order valence-corrected chi connectivity index (χ3v) is 3.68. The number of hydrogen-bond acceptors (Lipinski definition) is 3. The molecule has 0 unspecified atom stereocenters. The van der Waals surface area contributed by atoms with Gasteiger partial charge in [-0.05, 0) is 42.3 Å². The Bertz CT molecular complexity index is 634. The number of hydrogen-bond donors (Lipinski definition) is 1. The molecule has 0 aliphatic carbocycles. The van der Waals surface area contributed by atoms with Crippen molar-refractivity contribution in [3.63, 3.8) is 0 Å². The van der Waals surface area contributed by atoms with E-state index in [0.29, 0.717) is 4.77 Å². The van der Waals surface area contributed by atoms with Crippen LogP contribution in [0.25, 0.3) is 0 Å². The molecule has 0 amide bonds. The first-order valence-corrected chi connectivity index (χ1v) is 7.08. The van der Waals surface area contributed by atoms with Crippen LogP contribution in [0.2, 0.25) is 0 Å². The van der Waals surface area contributed by atoms with E-state index in [9.17, 15) is 0 Å². The lowest BCUT2D eigenvalue weighted by Crippen LogP contribution is -2.12. The zero-order valence-electron chi connectivity index (χ0n) is 12.6. The number of H-pyrrole nitrogens is 1. The maximum atomic E-state index is 5.91. The Morgan fingerprint density at radius 3 is 2.30 bits per heavy atom. The first-order chi connectivity index (χ1) is 9.29. The Morgan fingerprint density at radius 1 is 1.25 bits per heavy atom. The van der Waals surface area contributed by atoms with Gasteiger partial charge in [-0.15, -0.1) is 0 Å². The summed E-state index contributed by atoms with van der Waals surface area (Å²) in [5.41, 5.74) is 1.44. The van der Waals surface area contributed by atoms with Gasteiger partial charge >= 0.3 is 0 Å². The first-order valence-electron chi connectivity index (χ1n) is 6.67. The van der Waals surface area contributed by atoms with Crippen LogP contribution in [0.15, 0.2) is 24.3 Å². The van der Waals surface area contributed by atoms with Crippen molar-refractivity contribution in [2.75, 3.05) is 0 Å². The largest absolute Gasteiger partial charge is 0.483 e. The Kier molecular flexibility index (Phi) is 3.99. The number of benzene rings is 1. The summed E-state index contributed by atoms with van der Waals surface area (Å²) in [7, 11) is 1.88. The monoisotopic (exact) mass is 291 g/mol. The fraction of sp³-hybridized carbons (Fsp3) is 0.467. The molecule has 0 bridgehead atoms. The molecule has 1 aromatic heterocycles. The van der Waals surface area contributed by atoms with Gasteiger partial charge in [0, 0.05) is 7.05 Å². The molecular weight excluding hydrogens is 270 g/mol. The Morgan fingerprint density at radius 2 is 1.85 bits per heavy atom. The minimum Gasteiger partial charge on any atom is -0.483 e. The average Bonchev–Trinajstić information content (AvgIpc) is 2.69. The molecule has 0 saturated heterocycles. The Balaban J connectivity index is 2.14. The quantitative estimate of drug-likeness (QED) is 0.872. The summed E-state index contributed by atoms with van der Waals surface area (Å²) in [5.74, 6) is 1.62. The molecular formula is C15H21N3OS. The third-order valence-electron chi connectivity index (χ3n) is 3.31. The van der Waals surface area contributed by atoms with Crippen LogP contribution in [0.4, 0.5) is 0 Å². The lowest BCUT2D eigenvalue weighted by atomic mass is 9.87. The highest BCUT2D eigenvalue weighted by Gasteiger charge is 2.16. The highest BCUT2D eigenvalue weighted by molar-refractivity contribution is 7.71. The van der Waals surface area contributed by atoms with Gasteiger partial charge in [0.1, 0.15) is 5.75 Å². The van der Waals surface area contributed by atoms with Crippen molar-refractivity contribution in [2.24, 2.45) is 7.05 Å². The summed E-state index contributed by atoms with van der Waals surface area (Å²) in [6.45, 7) is 8.55. The maximum Gasteiger partial charge on any atom is 0.195 e. The average molecular weight is 291 g/mol. The van der Waals surface area contributed by atoms with Crippen LogP contribution >= 0.6 is 12.2 Å². The molecule has 2 aromatic rings. The van der Waals surface area contributed by atoms with Gasteiger partial charge in [-0.25, -0.2) is 0 Å². The molecule has 5 heteroatoms. The van der Waals surface area contributed by atoms with Crippen molar-refractivity contribution in [2.45, 2.75) is 39.2 Å². The number of ether oxygens (including phenoxy) is 1. The van der Waals surface area contributed by atoms with Crippen LogP contribution in [0.1, 0.15) is 45.2 Å². The van der Waals surface area contributed by atoms with Crippen molar-refractivity contribution < 1.29 is 4.74 Å². The molecule has 1 N–H and O–H groups in total. The molecule has 1 heterocycles. The SMILES string of the molecule is C[C@@H](Oc1ccc(C(C)(C)C)cc1)c1n[nH]c(=S)n1C. The second-order valence-electron chi connectivity index (χ2n) is 5.98. The second kappa shape index (κ2) is 5.40.